The number of aliphatic hydroxyl groups excluding tert-OH is 1. The molecule has 0 heterocycles. The first kappa shape index (κ1) is 95.5. The minimum atomic E-state index is -4.99. The van der Waals surface area contributed by atoms with Crippen molar-refractivity contribution >= 4 is 39.5 Å². The molecule has 0 aliphatic heterocycles. The van der Waals surface area contributed by atoms with Crippen molar-refractivity contribution in [2.24, 2.45) is 0 Å². The Labute approximate surface area is 606 Å². The van der Waals surface area contributed by atoms with E-state index in [1.54, 1.807) is 0 Å². The highest BCUT2D eigenvalue weighted by Gasteiger charge is 2.30. The Morgan fingerprint density at radius 2 is 0.530 bits per heavy atom. The van der Waals surface area contributed by atoms with Gasteiger partial charge in [-0.2, -0.15) is 0 Å². The monoisotopic (exact) mass is 1440 g/mol. The molecule has 0 spiro atoms. The molecule has 0 saturated carbocycles. The number of unbranched alkanes of at least 4 members (excludes halogenated alkanes) is 26. The van der Waals surface area contributed by atoms with Crippen LogP contribution in [0, 0.1) is 0 Å². The van der Waals surface area contributed by atoms with Crippen molar-refractivity contribution in [3.8, 4) is 0 Å². The number of carbonyl (C=O) groups excluding carboxylic acids is 4. The zero-order chi connectivity index (χ0) is 73.2. The summed E-state index contributed by atoms with van der Waals surface area (Å²) >= 11 is 0. The molecule has 0 aliphatic carbocycles. The molecule has 17 nitrogen and oxygen atoms in total. The fourth-order valence-electron chi connectivity index (χ4n) is 10.0. The first-order chi connectivity index (χ1) is 48.7. The Hall–Kier alpha value is -4.54. The number of hydrogen-bond acceptors (Lipinski definition) is 15. The summed E-state index contributed by atoms with van der Waals surface area (Å²) in [6.45, 7) is 4.53. The number of allylic oxidation sites excluding steroid dienone is 20. The summed E-state index contributed by atoms with van der Waals surface area (Å²) in [5.41, 5.74) is 0. The van der Waals surface area contributed by atoms with Crippen LogP contribution in [0.1, 0.15) is 310 Å². The molecular weight excluding hydrogens is 1310 g/mol. The van der Waals surface area contributed by atoms with E-state index in [1.165, 1.54) is 51.4 Å². The van der Waals surface area contributed by atoms with E-state index in [-0.39, 0.29) is 25.7 Å². The number of carbonyl (C=O) groups is 4. The lowest BCUT2D eigenvalue weighted by Crippen LogP contribution is -2.30. The van der Waals surface area contributed by atoms with Gasteiger partial charge in [-0.15, -0.1) is 0 Å². The second kappa shape index (κ2) is 72.8. The van der Waals surface area contributed by atoms with Crippen LogP contribution in [-0.4, -0.2) is 96.7 Å². The SMILES string of the molecule is CC/C=C\C/C=C\C/C=C\C/C=C\C/C=C\CCCCCC(=O)OCC(COP(=O)(O)OCC(O)COP(=O)(O)OCC(COC(=O)CCCCCCC/C=C\C/C=C\C/C=C\CC)OC(=O)CCCCCCC/C=C\CCCCCCCC)OC(=O)CCCCCCC/C=C\CCCC. The standard InChI is InChI=1S/C81H138O17P2/c1-5-9-13-17-21-25-29-32-35-36-37-38-41-43-47-50-54-58-62-66-79(84)91-71-76(97-80(85)67-63-59-55-51-45-28-24-20-16-12-8-4)73-95-99(87,88)93-69-75(82)70-94-100(89,90)96-74-77(98-81(86)68-64-60-56-52-48-44-40-34-31-27-23-19-15-11-7-3)72-92-78(83)65-61-57-53-49-46-42-39-33-30-26-22-18-14-10-6-2/h9-10,13-14,20-22,24-26,32-35,37-40,43,47,75-77,82H,5-8,11-12,15-19,23,27-31,36,41-42,44-46,48-74H2,1-4H3,(H,87,88)(H,89,90)/b13-9-,14-10-,24-20-,25-21-,26-22-,35-32-,38-37-,39-33-,40-34-,47-43-. The van der Waals surface area contributed by atoms with Crippen molar-refractivity contribution in [1.29, 1.82) is 0 Å². The van der Waals surface area contributed by atoms with E-state index in [0.29, 0.717) is 25.7 Å². The van der Waals surface area contributed by atoms with Gasteiger partial charge in [0.05, 0.1) is 26.4 Å². The van der Waals surface area contributed by atoms with Crippen molar-refractivity contribution in [2.45, 2.75) is 329 Å². The third-order valence-electron chi connectivity index (χ3n) is 15.9. The van der Waals surface area contributed by atoms with Gasteiger partial charge in [-0.3, -0.25) is 37.3 Å². The molecule has 5 unspecified atom stereocenters. The number of aliphatic hydroxyl groups is 1. The lowest BCUT2D eigenvalue weighted by Gasteiger charge is -2.21. The third-order valence-corrected chi connectivity index (χ3v) is 17.8. The van der Waals surface area contributed by atoms with E-state index >= 15 is 0 Å². The van der Waals surface area contributed by atoms with Crippen LogP contribution in [-0.2, 0) is 65.4 Å². The summed E-state index contributed by atoms with van der Waals surface area (Å²) in [6.07, 6.45) is 79.0. The van der Waals surface area contributed by atoms with Crippen LogP contribution in [0.25, 0.3) is 0 Å². The molecule has 0 aromatic carbocycles. The predicted molar refractivity (Wildman–Crippen MR) is 408 cm³/mol. The summed E-state index contributed by atoms with van der Waals surface area (Å²) in [7, 11) is -9.97. The number of phosphoric ester groups is 2. The summed E-state index contributed by atoms with van der Waals surface area (Å²) in [5, 5.41) is 10.6. The Bertz CT molecular complexity index is 2370. The zero-order valence-corrected chi connectivity index (χ0v) is 64.4. The van der Waals surface area contributed by atoms with Crippen molar-refractivity contribution in [3.63, 3.8) is 0 Å². The van der Waals surface area contributed by atoms with Gasteiger partial charge in [0.1, 0.15) is 19.3 Å². The largest absolute Gasteiger partial charge is 0.472 e. The molecule has 0 fully saturated rings. The van der Waals surface area contributed by atoms with Crippen LogP contribution in [0.2, 0.25) is 0 Å². The summed E-state index contributed by atoms with van der Waals surface area (Å²) in [4.78, 5) is 72.9. The Kier molecular flexibility index (Phi) is 69.5. The highest BCUT2D eigenvalue weighted by molar-refractivity contribution is 7.47. The van der Waals surface area contributed by atoms with Gasteiger partial charge in [0.15, 0.2) is 12.2 Å². The van der Waals surface area contributed by atoms with Crippen LogP contribution < -0.4 is 0 Å². The molecule has 0 saturated heterocycles. The predicted octanol–water partition coefficient (Wildman–Crippen LogP) is 22.3. The summed E-state index contributed by atoms with van der Waals surface area (Å²) in [5.74, 6) is -2.25. The third kappa shape index (κ3) is 71.8. The molecule has 0 bridgehead atoms. The minimum Gasteiger partial charge on any atom is -0.462 e. The smallest absolute Gasteiger partial charge is 0.462 e. The number of esters is 4. The van der Waals surface area contributed by atoms with Crippen LogP contribution in [0.3, 0.4) is 0 Å². The van der Waals surface area contributed by atoms with Crippen molar-refractivity contribution in [2.75, 3.05) is 39.6 Å². The Morgan fingerprint density at radius 1 is 0.290 bits per heavy atom. The molecule has 0 rings (SSSR count). The molecule has 100 heavy (non-hydrogen) atoms. The van der Waals surface area contributed by atoms with E-state index in [1.807, 2.05) is 0 Å². The average Bonchev–Trinajstić information content (AvgIpc) is 0.953. The number of hydrogen-bond donors (Lipinski definition) is 3. The molecule has 574 valence electrons. The molecule has 0 aliphatic rings. The van der Waals surface area contributed by atoms with Crippen molar-refractivity contribution < 1.29 is 80.2 Å². The molecular formula is C81H138O17P2. The van der Waals surface area contributed by atoms with Gasteiger partial charge >= 0.3 is 39.5 Å². The van der Waals surface area contributed by atoms with Crippen molar-refractivity contribution in [3.05, 3.63) is 122 Å². The van der Waals surface area contributed by atoms with Crippen LogP contribution in [0.4, 0.5) is 0 Å². The average molecular weight is 1450 g/mol. The molecule has 5 atom stereocenters. The fourth-order valence-corrected chi connectivity index (χ4v) is 11.6. The quantitative estimate of drug-likeness (QED) is 0.0169. The topological polar surface area (TPSA) is 237 Å². The zero-order valence-electron chi connectivity index (χ0n) is 62.6. The lowest BCUT2D eigenvalue weighted by molar-refractivity contribution is -0.161. The summed E-state index contributed by atoms with van der Waals surface area (Å²) in [6, 6.07) is 0. The highest BCUT2D eigenvalue weighted by atomic mass is 31.2. The second-order valence-electron chi connectivity index (χ2n) is 25.5. The molecule has 0 amide bonds. The van der Waals surface area contributed by atoms with E-state index in [4.69, 9.17) is 37.0 Å². The summed E-state index contributed by atoms with van der Waals surface area (Å²) < 4.78 is 68.4. The van der Waals surface area contributed by atoms with Gasteiger partial charge in [0, 0.05) is 25.7 Å². The van der Waals surface area contributed by atoms with E-state index < -0.39 is 97.5 Å². The van der Waals surface area contributed by atoms with Gasteiger partial charge in [-0.25, -0.2) is 9.13 Å². The maximum atomic E-state index is 13.1. The normalized spacial score (nSPS) is 14.6. The molecule has 0 aromatic heterocycles. The number of phosphoric acid groups is 2. The van der Waals surface area contributed by atoms with Gasteiger partial charge < -0.3 is 33.8 Å². The second-order valence-corrected chi connectivity index (χ2v) is 28.4. The Balaban J connectivity index is 5.37. The first-order valence-electron chi connectivity index (χ1n) is 38.8. The molecule has 19 heteroatoms. The number of rotatable bonds is 72. The minimum absolute atomic E-state index is 0.0743. The molecule has 0 radical (unpaired) electrons. The van der Waals surface area contributed by atoms with Crippen LogP contribution in [0.5, 0.6) is 0 Å². The molecule has 0 aromatic rings. The first-order valence-corrected chi connectivity index (χ1v) is 41.8. The van der Waals surface area contributed by atoms with Gasteiger partial charge in [-0.05, 0) is 148 Å². The van der Waals surface area contributed by atoms with Crippen molar-refractivity contribution in [1.82, 2.24) is 0 Å². The fraction of sp³-hybridized carbons (Fsp3) is 0.704. The lowest BCUT2D eigenvalue weighted by atomic mass is 10.1. The van der Waals surface area contributed by atoms with Crippen LogP contribution >= 0.6 is 15.6 Å². The van der Waals surface area contributed by atoms with E-state index in [0.717, 1.165) is 180 Å². The van der Waals surface area contributed by atoms with E-state index in [9.17, 15) is 43.2 Å². The number of ether oxygens (including phenoxy) is 4. The van der Waals surface area contributed by atoms with Crippen LogP contribution in [0.15, 0.2) is 122 Å². The van der Waals surface area contributed by atoms with Gasteiger partial charge in [0.2, 0.25) is 0 Å². The van der Waals surface area contributed by atoms with Gasteiger partial charge in [0.25, 0.3) is 0 Å². The van der Waals surface area contributed by atoms with E-state index in [2.05, 4.69) is 149 Å². The Morgan fingerprint density at radius 3 is 0.850 bits per heavy atom. The van der Waals surface area contributed by atoms with Gasteiger partial charge in [-0.1, -0.05) is 258 Å². The maximum absolute atomic E-state index is 13.1. The highest BCUT2D eigenvalue weighted by Crippen LogP contribution is 2.45. The molecule has 3 N–H and O–H groups in total. The maximum Gasteiger partial charge on any atom is 0.472 e.